The molecule has 1 fully saturated rings. The van der Waals surface area contributed by atoms with Crippen LogP contribution in [0.5, 0.6) is 0 Å². The first-order valence-electron chi connectivity index (χ1n) is 8.49. The molecule has 1 aliphatic heterocycles. The standard InChI is InChI=1S/C18H27N3O4/c1-5-24-12-16(22)20-15-9-7-6-8-14(15)19-13-10-21(11-13)17(23)25-18(2,3)4/h6-9,13,19H,5,10-12H2,1-4H3,(H,20,22). The molecule has 0 bridgehead atoms. The molecule has 0 atom stereocenters. The first kappa shape index (κ1) is 19.1. The normalized spacial score (nSPS) is 14.6. The summed E-state index contributed by atoms with van der Waals surface area (Å²) in [6.07, 6.45) is -0.302. The van der Waals surface area contributed by atoms with Crippen LogP contribution in [0.15, 0.2) is 24.3 Å². The van der Waals surface area contributed by atoms with Gasteiger partial charge in [0.05, 0.1) is 17.4 Å². The van der Waals surface area contributed by atoms with E-state index in [-0.39, 0.29) is 24.6 Å². The third kappa shape index (κ3) is 5.94. The number of hydrogen-bond donors (Lipinski definition) is 2. The molecule has 25 heavy (non-hydrogen) atoms. The summed E-state index contributed by atoms with van der Waals surface area (Å²) in [4.78, 5) is 25.4. The Morgan fingerprint density at radius 3 is 2.44 bits per heavy atom. The number of anilines is 2. The van der Waals surface area contributed by atoms with Gasteiger partial charge < -0.3 is 25.0 Å². The van der Waals surface area contributed by atoms with Gasteiger partial charge in [-0.05, 0) is 39.8 Å². The smallest absolute Gasteiger partial charge is 0.410 e. The minimum absolute atomic E-state index is 0.0285. The lowest BCUT2D eigenvalue weighted by Crippen LogP contribution is -2.58. The number of hydrogen-bond acceptors (Lipinski definition) is 5. The van der Waals surface area contributed by atoms with Crippen molar-refractivity contribution in [3.8, 4) is 0 Å². The van der Waals surface area contributed by atoms with Crippen LogP contribution in [0.3, 0.4) is 0 Å². The summed E-state index contributed by atoms with van der Waals surface area (Å²) < 4.78 is 10.5. The lowest BCUT2D eigenvalue weighted by molar-refractivity contribution is -0.120. The number of benzene rings is 1. The molecule has 1 saturated heterocycles. The van der Waals surface area contributed by atoms with Gasteiger partial charge >= 0.3 is 6.09 Å². The summed E-state index contributed by atoms with van der Waals surface area (Å²) >= 11 is 0. The average Bonchev–Trinajstić information content (AvgIpc) is 2.48. The second-order valence-electron chi connectivity index (χ2n) is 6.96. The van der Waals surface area contributed by atoms with E-state index >= 15 is 0 Å². The Kier molecular flexibility index (Phi) is 6.25. The monoisotopic (exact) mass is 349 g/mol. The Bertz CT molecular complexity index is 607. The molecule has 1 heterocycles. The molecule has 7 nitrogen and oxygen atoms in total. The molecule has 1 aliphatic rings. The zero-order valence-electron chi connectivity index (χ0n) is 15.3. The molecule has 138 valence electrons. The van der Waals surface area contributed by atoms with E-state index in [1.165, 1.54) is 0 Å². The lowest BCUT2D eigenvalue weighted by atomic mass is 10.1. The van der Waals surface area contributed by atoms with Gasteiger partial charge in [-0.1, -0.05) is 12.1 Å². The van der Waals surface area contributed by atoms with Gasteiger partial charge in [0, 0.05) is 19.7 Å². The SMILES string of the molecule is CCOCC(=O)Nc1ccccc1NC1CN(C(=O)OC(C)(C)C)C1. The fraction of sp³-hybridized carbons (Fsp3) is 0.556. The molecular formula is C18H27N3O4. The summed E-state index contributed by atoms with van der Waals surface area (Å²) in [5.74, 6) is -0.194. The Hall–Kier alpha value is -2.28. The first-order chi connectivity index (χ1) is 11.8. The molecule has 0 radical (unpaired) electrons. The molecule has 2 rings (SSSR count). The minimum Gasteiger partial charge on any atom is -0.444 e. The number of carbonyl (C=O) groups is 2. The maximum atomic E-state index is 12.0. The highest BCUT2D eigenvalue weighted by Gasteiger charge is 2.33. The zero-order chi connectivity index (χ0) is 18.4. The van der Waals surface area contributed by atoms with E-state index in [1.807, 2.05) is 52.0 Å². The highest BCUT2D eigenvalue weighted by molar-refractivity contribution is 5.95. The molecule has 1 aromatic carbocycles. The molecule has 7 heteroatoms. The van der Waals surface area contributed by atoms with E-state index in [9.17, 15) is 9.59 Å². The van der Waals surface area contributed by atoms with Crippen LogP contribution in [0, 0.1) is 0 Å². The van der Waals surface area contributed by atoms with Gasteiger partial charge in [0.15, 0.2) is 0 Å². The number of likely N-dealkylation sites (tertiary alicyclic amines) is 1. The van der Waals surface area contributed by atoms with Gasteiger partial charge in [-0.25, -0.2) is 4.79 Å². The van der Waals surface area contributed by atoms with Gasteiger partial charge in [0.1, 0.15) is 12.2 Å². The summed E-state index contributed by atoms with van der Waals surface area (Å²) in [5, 5.41) is 6.18. The second kappa shape index (κ2) is 8.20. The fourth-order valence-electron chi connectivity index (χ4n) is 2.36. The van der Waals surface area contributed by atoms with Crippen molar-refractivity contribution in [3.63, 3.8) is 0 Å². The quantitative estimate of drug-likeness (QED) is 0.825. The number of nitrogens with one attached hydrogen (secondary N) is 2. The van der Waals surface area contributed by atoms with E-state index in [0.29, 0.717) is 25.4 Å². The van der Waals surface area contributed by atoms with E-state index in [2.05, 4.69) is 10.6 Å². The Morgan fingerprint density at radius 2 is 1.84 bits per heavy atom. The van der Waals surface area contributed by atoms with Crippen LogP contribution in [0.2, 0.25) is 0 Å². The topological polar surface area (TPSA) is 79.9 Å². The van der Waals surface area contributed by atoms with Gasteiger partial charge in [-0.2, -0.15) is 0 Å². The molecule has 0 saturated carbocycles. The van der Waals surface area contributed by atoms with Gasteiger partial charge in [0.2, 0.25) is 5.91 Å². The van der Waals surface area contributed by atoms with Gasteiger partial charge in [0.25, 0.3) is 0 Å². The van der Waals surface area contributed by atoms with E-state index in [0.717, 1.165) is 5.69 Å². The largest absolute Gasteiger partial charge is 0.444 e. The van der Waals surface area contributed by atoms with Gasteiger partial charge in [-0.15, -0.1) is 0 Å². The maximum absolute atomic E-state index is 12.0. The van der Waals surface area contributed by atoms with Crippen LogP contribution >= 0.6 is 0 Å². The summed E-state index contributed by atoms with van der Waals surface area (Å²) in [5.41, 5.74) is 1.02. The Balaban J connectivity index is 1.86. The van der Waals surface area contributed by atoms with Crippen LogP contribution in [-0.2, 0) is 14.3 Å². The summed E-state index contributed by atoms with van der Waals surface area (Å²) in [7, 11) is 0. The van der Waals surface area contributed by atoms with Crippen molar-refractivity contribution in [1.29, 1.82) is 0 Å². The van der Waals surface area contributed by atoms with Crippen molar-refractivity contribution in [3.05, 3.63) is 24.3 Å². The molecule has 0 aliphatic carbocycles. The number of nitrogens with zero attached hydrogens (tertiary/aromatic N) is 1. The van der Waals surface area contributed by atoms with Crippen molar-refractivity contribution in [2.24, 2.45) is 0 Å². The molecule has 0 spiro atoms. The van der Waals surface area contributed by atoms with Gasteiger partial charge in [-0.3, -0.25) is 4.79 Å². The maximum Gasteiger partial charge on any atom is 0.410 e. The zero-order valence-corrected chi connectivity index (χ0v) is 15.3. The van der Waals surface area contributed by atoms with Crippen LogP contribution in [0.25, 0.3) is 0 Å². The third-order valence-corrected chi connectivity index (χ3v) is 3.53. The summed E-state index contributed by atoms with van der Waals surface area (Å²) in [6.45, 7) is 9.05. The lowest BCUT2D eigenvalue weighted by Gasteiger charge is -2.40. The molecule has 1 aromatic rings. The van der Waals surface area contributed by atoms with Crippen molar-refractivity contribution in [2.45, 2.75) is 39.3 Å². The van der Waals surface area contributed by atoms with Crippen LogP contribution < -0.4 is 10.6 Å². The Labute approximate surface area is 148 Å². The van der Waals surface area contributed by atoms with E-state index in [1.54, 1.807) is 4.90 Å². The number of para-hydroxylation sites is 2. The minimum atomic E-state index is -0.493. The highest BCUT2D eigenvalue weighted by atomic mass is 16.6. The number of carbonyl (C=O) groups excluding carboxylic acids is 2. The predicted octanol–water partition coefficient (Wildman–Crippen LogP) is 2.69. The first-order valence-corrected chi connectivity index (χ1v) is 8.49. The third-order valence-electron chi connectivity index (χ3n) is 3.53. The molecular weight excluding hydrogens is 322 g/mol. The van der Waals surface area contributed by atoms with E-state index < -0.39 is 5.60 Å². The van der Waals surface area contributed by atoms with Crippen molar-refractivity contribution in [1.82, 2.24) is 4.90 Å². The second-order valence-corrected chi connectivity index (χ2v) is 6.96. The molecule has 2 amide bonds. The predicted molar refractivity (Wildman–Crippen MR) is 96.8 cm³/mol. The molecule has 0 unspecified atom stereocenters. The number of amides is 2. The Morgan fingerprint density at radius 1 is 1.20 bits per heavy atom. The highest BCUT2D eigenvalue weighted by Crippen LogP contribution is 2.25. The van der Waals surface area contributed by atoms with Crippen molar-refractivity contribution < 1.29 is 19.1 Å². The van der Waals surface area contributed by atoms with Crippen molar-refractivity contribution in [2.75, 3.05) is 36.9 Å². The number of ether oxygens (including phenoxy) is 2. The average molecular weight is 349 g/mol. The van der Waals surface area contributed by atoms with Crippen LogP contribution in [0.4, 0.5) is 16.2 Å². The molecule has 2 N–H and O–H groups in total. The van der Waals surface area contributed by atoms with Crippen LogP contribution in [0.1, 0.15) is 27.7 Å². The molecule has 0 aromatic heterocycles. The summed E-state index contributed by atoms with van der Waals surface area (Å²) in [6, 6.07) is 7.60. The van der Waals surface area contributed by atoms with E-state index in [4.69, 9.17) is 9.47 Å². The van der Waals surface area contributed by atoms with Crippen molar-refractivity contribution >= 4 is 23.4 Å². The van der Waals surface area contributed by atoms with Crippen LogP contribution in [-0.4, -0.2) is 54.8 Å². The number of rotatable bonds is 6. The fourth-order valence-corrected chi connectivity index (χ4v) is 2.36.